The number of ether oxygens (including phenoxy) is 1. The van der Waals surface area contributed by atoms with E-state index in [1.165, 1.54) is 32.0 Å². The first-order valence-corrected chi connectivity index (χ1v) is 5.88. The van der Waals surface area contributed by atoms with Crippen molar-refractivity contribution in [1.82, 2.24) is 9.97 Å². The Morgan fingerprint density at radius 3 is 2.88 bits per heavy atom. The second kappa shape index (κ2) is 7.04. The number of unbranched alkanes of at least 4 members (excludes halogenated alkanes) is 2. The van der Waals surface area contributed by atoms with Gasteiger partial charge in [0.25, 0.3) is 0 Å². The summed E-state index contributed by atoms with van der Waals surface area (Å²) in [5.74, 6) is 1.43. The second-order valence-corrected chi connectivity index (χ2v) is 3.99. The number of nitrogens with zero attached hydrogens (tertiary/aromatic N) is 2. The van der Waals surface area contributed by atoms with Gasteiger partial charge in [0, 0.05) is 12.1 Å². The molecule has 1 unspecified atom stereocenters. The molecule has 16 heavy (non-hydrogen) atoms. The number of nitrogens with one attached hydrogen (secondary N) is 1. The van der Waals surface area contributed by atoms with Crippen LogP contribution in [0.15, 0.2) is 12.4 Å². The Bertz CT molecular complexity index is 304. The highest BCUT2D eigenvalue weighted by Gasteiger charge is 2.03. The number of aromatic nitrogens is 2. The molecule has 0 spiro atoms. The maximum Gasteiger partial charge on any atom is 0.218 e. The predicted molar refractivity (Wildman–Crippen MR) is 65.8 cm³/mol. The number of hydrogen-bond acceptors (Lipinski definition) is 4. The minimum atomic E-state index is 0.436. The second-order valence-electron chi connectivity index (χ2n) is 3.99. The molecule has 0 bridgehead atoms. The summed E-state index contributed by atoms with van der Waals surface area (Å²) in [5.41, 5.74) is 0. The van der Waals surface area contributed by atoms with Gasteiger partial charge >= 0.3 is 0 Å². The Morgan fingerprint density at radius 1 is 1.38 bits per heavy atom. The molecule has 0 aliphatic heterocycles. The van der Waals surface area contributed by atoms with Crippen molar-refractivity contribution >= 4 is 5.82 Å². The van der Waals surface area contributed by atoms with Gasteiger partial charge < -0.3 is 10.1 Å². The van der Waals surface area contributed by atoms with Gasteiger partial charge in [-0.1, -0.05) is 26.2 Å². The lowest BCUT2D eigenvalue weighted by Gasteiger charge is -2.14. The summed E-state index contributed by atoms with van der Waals surface area (Å²) in [5, 5.41) is 3.34. The van der Waals surface area contributed by atoms with Crippen molar-refractivity contribution in [2.45, 2.75) is 45.6 Å². The van der Waals surface area contributed by atoms with E-state index in [1.54, 1.807) is 7.11 Å². The normalized spacial score (nSPS) is 12.2. The van der Waals surface area contributed by atoms with Gasteiger partial charge in [-0.05, 0) is 13.3 Å². The quantitative estimate of drug-likeness (QED) is 0.722. The Morgan fingerprint density at radius 2 is 2.19 bits per heavy atom. The summed E-state index contributed by atoms with van der Waals surface area (Å²) in [6.07, 6.45) is 6.49. The average molecular weight is 223 g/mol. The minimum absolute atomic E-state index is 0.436. The number of methoxy groups -OCH3 is 1. The van der Waals surface area contributed by atoms with Crippen LogP contribution in [0.1, 0.15) is 39.5 Å². The fourth-order valence-electron chi connectivity index (χ4n) is 1.56. The fraction of sp³-hybridized carbons (Fsp3) is 0.667. The molecule has 1 rings (SSSR count). The van der Waals surface area contributed by atoms with E-state index in [4.69, 9.17) is 4.74 Å². The van der Waals surface area contributed by atoms with Crippen molar-refractivity contribution in [3.63, 3.8) is 0 Å². The molecule has 0 aliphatic carbocycles. The van der Waals surface area contributed by atoms with Crippen molar-refractivity contribution in [2.75, 3.05) is 12.4 Å². The van der Waals surface area contributed by atoms with Gasteiger partial charge in [0.05, 0.1) is 7.11 Å². The molecule has 0 radical (unpaired) electrons. The maximum absolute atomic E-state index is 5.04. The highest BCUT2D eigenvalue weighted by Crippen LogP contribution is 2.13. The zero-order valence-corrected chi connectivity index (χ0v) is 10.4. The van der Waals surface area contributed by atoms with Crippen LogP contribution >= 0.6 is 0 Å². The van der Waals surface area contributed by atoms with E-state index in [-0.39, 0.29) is 0 Å². The monoisotopic (exact) mass is 223 g/mol. The molecule has 1 aromatic heterocycles. The van der Waals surface area contributed by atoms with Gasteiger partial charge in [-0.3, -0.25) is 0 Å². The lowest BCUT2D eigenvalue weighted by atomic mass is 10.1. The van der Waals surface area contributed by atoms with E-state index >= 15 is 0 Å². The molecule has 0 amide bonds. The Labute approximate surface area is 97.5 Å². The summed E-state index contributed by atoms with van der Waals surface area (Å²) < 4.78 is 5.04. The van der Waals surface area contributed by atoms with Gasteiger partial charge in [0.2, 0.25) is 5.88 Å². The predicted octanol–water partition coefficient (Wildman–Crippen LogP) is 2.87. The van der Waals surface area contributed by atoms with Crippen molar-refractivity contribution in [2.24, 2.45) is 0 Å². The van der Waals surface area contributed by atoms with Gasteiger partial charge in [-0.2, -0.15) is 0 Å². The highest BCUT2D eigenvalue weighted by molar-refractivity contribution is 5.37. The van der Waals surface area contributed by atoms with E-state index in [0.717, 1.165) is 5.82 Å². The van der Waals surface area contributed by atoms with Crippen LogP contribution in [0.2, 0.25) is 0 Å². The number of rotatable bonds is 7. The molecule has 0 fully saturated rings. The molecular formula is C12H21N3O. The van der Waals surface area contributed by atoms with Crippen LogP contribution in [0.5, 0.6) is 5.88 Å². The summed E-state index contributed by atoms with van der Waals surface area (Å²) in [7, 11) is 1.61. The largest absolute Gasteiger partial charge is 0.481 e. The summed E-state index contributed by atoms with van der Waals surface area (Å²) in [6, 6.07) is 2.25. The third-order valence-corrected chi connectivity index (χ3v) is 2.49. The molecule has 0 saturated heterocycles. The standard InChI is InChI=1S/C12H21N3O/c1-4-5-6-7-10(2)15-11-8-12(16-3)14-9-13-11/h8-10H,4-7H2,1-3H3,(H,13,14,15). The zero-order chi connectivity index (χ0) is 11.8. The SMILES string of the molecule is CCCCCC(C)Nc1cc(OC)ncn1. The van der Waals surface area contributed by atoms with Crippen molar-refractivity contribution < 1.29 is 4.74 Å². The van der Waals surface area contributed by atoms with E-state index in [2.05, 4.69) is 29.1 Å². The molecule has 1 heterocycles. The van der Waals surface area contributed by atoms with Crippen LogP contribution in [0.25, 0.3) is 0 Å². The smallest absolute Gasteiger partial charge is 0.218 e. The van der Waals surface area contributed by atoms with Crippen LogP contribution in [0.3, 0.4) is 0 Å². The lowest BCUT2D eigenvalue weighted by molar-refractivity contribution is 0.397. The summed E-state index contributed by atoms with van der Waals surface area (Å²) in [4.78, 5) is 8.12. The van der Waals surface area contributed by atoms with E-state index in [9.17, 15) is 0 Å². The van der Waals surface area contributed by atoms with Crippen molar-refractivity contribution in [3.05, 3.63) is 12.4 Å². The molecule has 0 saturated carbocycles. The summed E-state index contributed by atoms with van der Waals surface area (Å²) >= 11 is 0. The van der Waals surface area contributed by atoms with Gasteiger partial charge in [-0.25, -0.2) is 9.97 Å². The molecular weight excluding hydrogens is 202 g/mol. The first kappa shape index (κ1) is 12.7. The van der Waals surface area contributed by atoms with Crippen LogP contribution in [0, 0.1) is 0 Å². The van der Waals surface area contributed by atoms with Crippen LogP contribution in [-0.2, 0) is 0 Å². The maximum atomic E-state index is 5.04. The Balaban J connectivity index is 2.39. The van der Waals surface area contributed by atoms with Crippen molar-refractivity contribution in [1.29, 1.82) is 0 Å². The molecule has 0 aromatic carbocycles. The van der Waals surface area contributed by atoms with Gasteiger partial charge in [0.1, 0.15) is 12.1 Å². The van der Waals surface area contributed by atoms with Crippen molar-refractivity contribution in [3.8, 4) is 5.88 Å². The summed E-state index contributed by atoms with van der Waals surface area (Å²) in [6.45, 7) is 4.39. The zero-order valence-electron chi connectivity index (χ0n) is 10.4. The molecule has 4 heteroatoms. The Kier molecular flexibility index (Phi) is 5.61. The molecule has 4 nitrogen and oxygen atoms in total. The Hall–Kier alpha value is -1.32. The van der Waals surface area contributed by atoms with Gasteiger partial charge in [0.15, 0.2) is 0 Å². The molecule has 90 valence electrons. The third kappa shape index (κ3) is 4.47. The molecule has 1 atom stereocenters. The van der Waals surface area contributed by atoms with Crippen LogP contribution in [0.4, 0.5) is 5.82 Å². The minimum Gasteiger partial charge on any atom is -0.481 e. The average Bonchev–Trinajstić information content (AvgIpc) is 2.29. The first-order chi connectivity index (χ1) is 7.76. The van der Waals surface area contributed by atoms with E-state index < -0.39 is 0 Å². The molecule has 0 aliphatic rings. The van der Waals surface area contributed by atoms with E-state index in [1.807, 2.05) is 6.07 Å². The molecule has 1 N–H and O–H groups in total. The van der Waals surface area contributed by atoms with Crippen LogP contribution in [-0.4, -0.2) is 23.1 Å². The number of hydrogen-bond donors (Lipinski definition) is 1. The number of anilines is 1. The molecule has 1 aromatic rings. The fourth-order valence-corrected chi connectivity index (χ4v) is 1.56. The third-order valence-electron chi connectivity index (χ3n) is 2.49. The van der Waals surface area contributed by atoms with Gasteiger partial charge in [-0.15, -0.1) is 0 Å². The highest BCUT2D eigenvalue weighted by atomic mass is 16.5. The topological polar surface area (TPSA) is 47.0 Å². The van der Waals surface area contributed by atoms with Crippen LogP contribution < -0.4 is 10.1 Å². The lowest BCUT2D eigenvalue weighted by Crippen LogP contribution is -2.15. The first-order valence-electron chi connectivity index (χ1n) is 5.88. The van der Waals surface area contributed by atoms with E-state index in [0.29, 0.717) is 11.9 Å².